The molecule has 0 aliphatic heterocycles. The average molecular weight is 416 g/mol. The maximum absolute atomic E-state index is 12.9. The van der Waals surface area contributed by atoms with Crippen LogP contribution in [0.15, 0.2) is 53.3 Å². The number of aryl methyl sites for hydroxylation is 2. The molecule has 7 nitrogen and oxygen atoms in total. The molecule has 0 bridgehead atoms. The van der Waals surface area contributed by atoms with Crippen molar-refractivity contribution in [2.75, 3.05) is 12.4 Å². The number of carbonyl (C=O) groups is 1. The highest BCUT2D eigenvalue weighted by Gasteiger charge is 2.17. The Hall–Kier alpha value is -3.87. The number of methoxy groups -OCH3 is 1. The number of ether oxygens (including phenoxy) is 1. The normalized spacial score (nSPS) is 11.0. The Bertz CT molecular complexity index is 1350. The van der Waals surface area contributed by atoms with Gasteiger partial charge in [-0.25, -0.2) is 0 Å². The highest BCUT2D eigenvalue weighted by molar-refractivity contribution is 6.04. The summed E-state index contributed by atoms with van der Waals surface area (Å²) in [6, 6.07) is 14.8. The first-order valence-corrected chi connectivity index (χ1v) is 10.1. The minimum Gasteiger partial charge on any atom is -0.496 e. The van der Waals surface area contributed by atoms with Gasteiger partial charge in [-0.2, -0.15) is 5.10 Å². The van der Waals surface area contributed by atoms with E-state index in [1.807, 2.05) is 50.2 Å². The number of hydrogen-bond acceptors (Lipinski definition) is 4. The van der Waals surface area contributed by atoms with E-state index in [4.69, 9.17) is 4.74 Å². The van der Waals surface area contributed by atoms with E-state index in [1.54, 1.807) is 26.3 Å². The first kappa shape index (κ1) is 20.4. The van der Waals surface area contributed by atoms with Gasteiger partial charge in [0.15, 0.2) is 0 Å². The fourth-order valence-electron chi connectivity index (χ4n) is 3.87. The second-order valence-electron chi connectivity index (χ2n) is 7.36. The Balaban J connectivity index is 1.65. The molecular weight excluding hydrogens is 392 g/mol. The van der Waals surface area contributed by atoms with Crippen molar-refractivity contribution in [2.45, 2.75) is 20.3 Å². The Kier molecular flexibility index (Phi) is 5.33. The smallest absolute Gasteiger partial charge is 0.273 e. The van der Waals surface area contributed by atoms with Crippen LogP contribution in [0.2, 0.25) is 0 Å². The van der Waals surface area contributed by atoms with Gasteiger partial charge >= 0.3 is 0 Å². The van der Waals surface area contributed by atoms with Gasteiger partial charge in [-0.1, -0.05) is 25.1 Å². The minimum atomic E-state index is -0.292. The second-order valence-corrected chi connectivity index (χ2v) is 7.36. The zero-order valence-electron chi connectivity index (χ0n) is 17.9. The van der Waals surface area contributed by atoms with E-state index in [2.05, 4.69) is 15.4 Å². The van der Waals surface area contributed by atoms with Crippen molar-refractivity contribution >= 4 is 22.5 Å². The molecule has 158 valence electrons. The number of para-hydroxylation sites is 1. The Labute approximate surface area is 179 Å². The molecule has 2 heterocycles. The number of pyridine rings is 1. The van der Waals surface area contributed by atoms with Gasteiger partial charge in [-0.05, 0) is 49.2 Å². The van der Waals surface area contributed by atoms with Gasteiger partial charge in [0, 0.05) is 29.2 Å². The van der Waals surface area contributed by atoms with Gasteiger partial charge in [0.1, 0.15) is 11.4 Å². The summed E-state index contributed by atoms with van der Waals surface area (Å²) in [5.74, 6) is 0.396. The summed E-state index contributed by atoms with van der Waals surface area (Å²) in [6.07, 6.45) is 0.671. The topological polar surface area (TPSA) is 89.0 Å². The van der Waals surface area contributed by atoms with Gasteiger partial charge < -0.3 is 15.0 Å². The maximum atomic E-state index is 12.9. The van der Waals surface area contributed by atoms with Crippen molar-refractivity contribution in [1.82, 2.24) is 14.8 Å². The minimum absolute atomic E-state index is 0.0935. The highest BCUT2D eigenvalue weighted by atomic mass is 16.5. The van der Waals surface area contributed by atoms with E-state index in [1.165, 1.54) is 4.68 Å². The monoisotopic (exact) mass is 416 g/mol. The van der Waals surface area contributed by atoms with Crippen molar-refractivity contribution in [1.29, 1.82) is 0 Å². The van der Waals surface area contributed by atoms with E-state index in [0.717, 1.165) is 22.1 Å². The molecule has 0 saturated heterocycles. The number of benzene rings is 2. The van der Waals surface area contributed by atoms with Crippen LogP contribution in [-0.4, -0.2) is 27.8 Å². The number of H-pyrrole nitrogens is 1. The van der Waals surface area contributed by atoms with Crippen LogP contribution in [-0.2, 0) is 13.5 Å². The fraction of sp³-hybridized carbons (Fsp3) is 0.208. The van der Waals surface area contributed by atoms with Crippen LogP contribution in [0.25, 0.3) is 22.2 Å². The third-order valence-electron chi connectivity index (χ3n) is 5.51. The quantitative estimate of drug-likeness (QED) is 0.513. The number of rotatable bonds is 5. The van der Waals surface area contributed by atoms with Crippen LogP contribution in [0.4, 0.5) is 5.69 Å². The summed E-state index contributed by atoms with van der Waals surface area (Å²) in [7, 11) is 3.33. The molecule has 0 spiro atoms. The Morgan fingerprint density at radius 2 is 1.97 bits per heavy atom. The number of anilines is 1. The molecule has 0 saturated carbocycles. The summed E-state index contributed by atoms with van der Waals surface area (Å²) in [6.45, 7) is 3.91. The molecule has 0 aliphatic rings. The van der Waals surface area contributed by atoms with Gasteiger partial charge in [-0.15, -0.1) is 0 Å². The molecule has 0 radical (unpaired) electrons. The molecular formula is C24H24N4O3. The molecule has 4 rings (SSSR count). The summed E-state index contributed by atoms with van der Waals surface area (Å²) in [5.41, 5.74) is 4.81. The van der Waals surface area contributed by atoms with E-state index in [0.29, 0.717) is 34.8 Å². The summed E-state index contributed by atoms with van der Waals surface area (Å²) < 4.78 is 6.94. The SMILES string of the molecule is CCc1c(C)c2ccc(NC(=O)c3cc(-c4ccccc4OC)nn3C)cc2[nH]c1=O. The molecule has 31 heavy (non-hydrogen) atoms. The average Bonchev–Trinajstić information content (AvgIpc) is 3.15. The molecule has 0 atom stereocenters. The third-order valence-corrected chi connectivity index (χ3v) is 5.51. The van der Waals surface area contributed by atoms with E-state index in [-0.39, 0.29) is 11.5 Å². The zero-order valence-corrected chi connectivity index (χ0v) is 17.9. The lowest BCUT2D eigenvalue weighted by molar-refractivity contribution is 0.101. The zero-order chi connectivity index (χ0) is 22.1. The van der Waals surface area contributed by atoms with Crippen molar-refractivity contribution in [2.24, 2.45) is 7.05 Å². The third kappa shape index (κ3) is 3.70. The molecule has 2 aromatic heterocycles. The standard InChI is InChI=1S/C24H24N4O3/c1-5-16-14(2)17-11-10-15(12-19(17)26-23(16)29)25-24(30)21-13-20(27-28(21)3)18-8-6-7-9-22(18)31-4/h6-13H,5H2,1-4H3,(H,25,30)(H,26,29). The summed E-state index contributed by atoms with van der Waals surface area (Å²) in [4.78, 5) is 28.2. The molecule has 0 fully saturated rings. The molecule has 7 heteroatoms. The van der Waals surface area contributed by atoms with Crippen LogP contribution in [0.1, 0.15) is 28.5 Å². The number of hydrogen-bond donors (Lipinski definition) is 2. The second kappa shape index (κ2) is 8.10. The predicted molar refractivity (Wildman–Crippen MR) is 122 cm³/mol. The van der Waals surface area contributed by atoms with E-state index < -0.39 is 0 Å². The van der Waals surface area contributed by atoms with Crippen molar-refractivity contribution in [3.8, 4) is 17.0 Å². The number of nitrogens with zero attached hydrogens (tertiary/aromatic N) is 2. The molecule has 2 aromatic carbocycles. The maximum Gasteiger partial charge on any atom is 0.273 e. The Morgan fingerprint density at radius 3 is 2.71 bits per heavy atom. The Morgan fingerprint density at radius 1 is 1.19 bits per heavy atom. The molecule has 2 N–H and O–H groups in total. The van der Waals surface area contributed by atoms with Crippen molar-refractivity contribution in [3.63, 3.8) is 0 Å². The summed E-state index contributed by atoms with van der Waals surface area (Å²) >= 11 is 0. The van der Waals surface area contributed by atoms with Crippen LogP contribution in [0.3, 0.4) is 0 Å². The van der Waals surface area contributed by atoms with Gasteiger partial charge in [0.2, 0.25) is 0 Å². The van der Waals surface area contributed by atoms with Crippen LogP contribution in [0.5, 0.6) is 5.75 Å². The first-order chi connectivity index (χ1) is 14.9. The lowest BCUT2D eigenvalue weighted by Gasteiger charge is -2.10. The van der Waals surface area contributed by atoms with Crippen molar-refractivity contribution in [3.05, 3.63) is 75.7 Å². The molecule has 0 unspecified atom stereocenters. The number of amides is 1. The molecule has 1 amide bonds. The fourth-order valence-corrected chi connectivity index (χ4v) is 3.87. The number of carbonyl (C=O) groups excluding carboxylic acids is 1. The number of nitrogens with one attached hydrogen (secondary N) is 2. The lowest BCUT2D eigenvalue weighted by Crippen LogP contribution is -2.17. The van der Waals surface area contributed by atoms with Gasteiger partial charge in [0.25, 0.3) is 11.5 Å². The van der Waals surface area contributed by atoms with E-state index in [9.17, 15) is 9.59 Å². The van der Waals surface area contributed by atoms with Crippen LogP contribution < -0.4 is 15.6 Å². The van der Waals surface area contributed by atoms with Crippen molar-refractivity contribution < 1.29 is 9.53 Å². The number of fused-ring (bicyclic) bond motifs is 1. The highest BCUT2D eigenvalue weighted by Crippen LogP contribution is 2.29. The van der Waals surface area contributed by atoms with E-state index >= 15 is 0 Å². The van der Waals surface area contributed by atoms with Crippen LogP contribution >= 0.6 is 0 Å². The largest absolute Gasteiger partial charge is 0.496 e. The summed E-state index contributed by atoms with van der Waals surface area (Å²) in [5, 5.41) is 8.34. The number of aromatic amines is 1. The van der Waals surface area contributed by atoms with Crippen LogP contribution in [0, 0.1) is 6.92 Å². The molecule has 0 aliphatic carbocycles. The van der Waals surface area contributed by atoms with Gasteiger partial charge in [-0.3, -0.25) is 14.3 Å². The first-order valence-electron chi connectivity index (χ1n) is 10.1. The lowest BCUT2D eigenvalue weighted by atomic mass is 10.0. The number of aromatic nitrogens is 3. The van der Waals surface area contributed by atoms with Gasteiger partial charge in [0.05, 0.1) is 18.3 Å². The molecule has 4 aromatic rings. The predicted octanol–water partition coefficient (Wildman–Crippen LogP) is 4.06.